The molecule has 18 heavy (non-hydrogen) atoms. The van der Waals surface area contributed by atoms with Crippen LogP contribution in [0.4, 0.5) is 18.9 Å². The van der Waals surface area contributed by atoms with Gasteiger partial charge in [0.1, 0.15) is 5.69 Å². The average Bonchev–Trinajstić information content (AvgIpc) is 2.90. The predicted octanol–water partition coefficient (Wildman–Crippen LogP) is 3.70. The summed E-state index contributed by atoms with van der Waals surface area (Å²) in [5.41, 5.74) is -0.137. The van der Waals surface area contributed by atoms with Gasteiger partial charge in [-0.1, -0.05) is 6.42 Å². The Balaban J connectivity index is 1.67. The molecule has 0 aliphatic heterocycles. The van der Waals surface area contributed by atoms with Crippen LogP contribution in [0.3, 0.4) is 0 Å². The molecule has 1 aromatic heterocycles. The molecule has 2 aliphatic rings. The first kappa shape index (κ1) is 11.8. The molecule has 1 N–H and O–H groups in total. The third-order valence-corrected chi connectivity index (χ3v) is 4.14. The number of rotatable bonds is 2. The molecule has 3 rings (SSSR count). The number of alkyl halides is 3. The van der Waals surface area contributed by atoms with Crippen molar-refractivity contribution in [1.29, 1.82) is 0 Å². The molecule has 2 nitrogen and oxygen atoms in total. The van der Waals surface area contributed by atoms with E-state index < -0.39 is 11.9 Å². The average molecular weight is 256 g/mol. The van der Waals surface area contributed by atoms with Crippen LogP contribution in [0.1, 0.15) is 31.4 Å². The lowest BCUT2D eigenvalue weighted by Gasteiger charge is -2.23. The van der Waals surface area contributed by atoms with Crippen LogP contribution in [0, 0.1) is 11.8 Å². The summed E-state index contributed by atoms with van der Waals surface area (Å²) in [5.74, 6) is 1.51. The topological polar surface area (TPSA) is 24.9 Å². The summed E-state index contributed by atoms with van der Waals surface area (Å²) in [7, 11) is 0. The summed E-state index contributed by atoms with van der Waals surface area (Å²) in [4.78, 5) is 3.47. The van der Waals surface area contributed by atoms with Crippen molar-refractivity contribution in [2.75, 3.05) is 5.32 Å². The number of nitrogens with one attached hydrogen (secondary N) is 1. The molecule has 2 aliphatic carbocycles. The molecule has 98 valence electrons. The van der Waals surface area contributed by atoms with Gasteiger partial charge in [-0.2, -0.15) is 13.2 Å². The van der Waals surface area contributed by atoms with Crippen LogP contribution >= 0.6 is 0 Å². The van der Waals surface area contributed by atoms with E-state index in [2.05, 4.69) is 10.3 Å². The van der Waals surface area contributed by atoms with Gasteiger partial charge in [0.2, 0.25) is 0 Å². The highest BCUT2D eigenvalue weighted by Crippen LogP contribution is 2.45. The number of hydrogen-bond acceptors (Lipinski definition) is 2. The highest BCUT2D eigenvalue weighted by Gasteiger charge is 2.39. The van der Waals surface area contributed by atoms with E-state index in [0.717, 1.165) is 18.4 Å². The van der Waals surface area contributed by atoms with E-state index in [1.54, 1.807) is 0 Å². The minimum absolute atomic E-state index is 0.419. The van der Waals surface area contributed by atoms with E-state index in [-0.39, 0.29) is 0 Å². The molecular weight excluding hydrogens is 241 g/mol. The molecule has 0 radical (unpaired) electrons. The molecule has 3 atom stereocenters. The molecule has 0 spiro atoms. The monoisotopic (exact) mass is 256 g/mol. The fourth-order valence-corrected chi connectivity index (χ4v) is 3.28. The van der Waals surface area contributed by atoms with Crippen LogP contribution in [-0.4, -0.2) is 11.0 Å². The molecule has 2 fully saturated rings. The quantitative estimate of drug-likeness (QED) is 0.872. The van der Waals surface area contributed by atoms with E-state index in [1.807, 2.05) is 0 Å². The maximum atomic E-state index is 12.4. The van der Waals surface area contributed by atoms with E-state index in [9.17, 15) is 13.2 Å². The highest BCUT2D eigenvalue weighted by molar-refractivity contribution is 5.43. The fraction of sp³-hybridized carbons (Fsp3) is 0.615. The van der Waals surface area contributed by atoms with E-state index >= 15 is 0 Å². The molecule has 2 saturated carbocycles. The fourth-order valence-electron chi connectivity index (χ4n) is 3.28. The maximum absolute atomic E-state index is 12.4. The number of fused-ring (bicyclic) bond motifs is 2. The van der Waals surface area contributed by atoms with Gasteiger partial charge in [-0.3, -0.25) is 0 Å². The SMILES string of the molecule is FC(F)(F)c1ccc(NC2CC3CCC2C3)cn1. The predicted molar refractivity (Wildman–Crippen MR) is 62.1 cm³/mol. The second kappa shape index (κ2) is 4.14. The van der Waals surface area contributed by atoms with Crippen LogP contribution < -0.4 is 5.32 Å². The van der Waals surface area contributed by atoms with Gasteiger partial charge in [0.25, 0.3) is 0 Å². The van der Waals surface area contributed by atoms with Crippen molar-refractivity contribution < 1.29 is 13.2 Å². The Morgan fingerprint density at radius 3 is 2.50 bits per heavy atom. The van der Waals surface area contributed by atoms with Gasteiger partial charge in [-0.25, -0.2) is 4.98 Å². The highest BCUT2D eigenvalue weighted by atomic mass is 19.4. The van der Waals surface area contributed by atoms with Crippen LogP contribution in [0.2, 0.25) is 0 Å². The zero-order valence-corrected chi connectivity index (χ0v) is 9.87. The lowest BCUT2D eigenvalue weighted by Crippen LogP contribution is -2.25. The van der Waals surface area contributed by atoms with Crippen molar-refractivity contribution in [1.82, 2.24) is 4.98 Å². The van der Waals surface area contributed by atoms with Crippen molar-refractivity contribution in [3.8, 4) is 0 Å². The van der Waals surface area contributed by atoms with E-state index in [4.69, 9.17) is 0 Å². The number of nitrogens with zero attached hydrogens (tertiary/aromatic N) is 1. The van der Waals surface area contributed by atoms with Gasteiger partial charge >= 0.3 is 6.18 Å². The summed E-state index contributed by atoms with van der Waals surface area (Å²) in [5, 5.41) is 3.32. The Labute approximate surface area is 104 Å². The van der Waals surface area contributed by atoms with Gasteiger partial charge in [0.15, 0.2) is 0 Å². The molecule has 2 bridgehead atoms. The molecule has 1 heterocycles. The normalized spacial score (nSPS) is 30.7. The van der Waals surface area contributed by atoms with E-state index in [1.165, 1.54) is 31.5 Å². The Morgan fingerprint density at radius 1 is 1.17 bits per heavy atom. The number of halogens is 3. The summed E-state index contributed by atoms with van der Waals surface area (Å²) >= 11 is 0. The molecule has 3 unspecified atom stereocenters. The van der Waals surface area contributed by atoms with Crippen molar-refractivity contribution in [3.05, 3.63) is 24.0 Å². The maximum Gasteiger partial charge on any atom is 0.433 e. The number of hydrogen-bond donors (Lipinski definition) is 1. The standard InChI is InChI=1S/C13H15F3N2/c14-13(15,16)12-4-3-10(7-17-12)18-11-6-8-1-2-9(11)5-8/h3-4,7-9,11,18H,1-2,5-6H2. The Kier molecular flexibility index (Phi) is 2.72. The molecular formula is C13H15F3N2. The first-order valence-electron chi connectivity index (χ1n) is 6.32. The largest absolute Gasteiger partial charge is 0.433 e. The minimum atomic E-state index is -4.36. The van der Waals surface area contributed by atoms with Crippen LogP contribution in [0.5, 0.6) is 0 Å². The zero-order chi connectivity index (χ0) is 12.8. The minimum Gasteiger partial charge on any atom is -0.381 e. The smallest absolute Gasteiger partial charge is 0.381 e. The van der Waals surface area contributed by atoms with Crippen LogP contribution in [0.25, 0.3) is 0 Å². The van der Waals surface area contributed by atoms with Crippen molar-refractivity contribution in [2.45, 2.75) is 37.9 Å². The van der Waals surface area contributed by atoms with Crippen molar-refractivity contribution in [3.63, 3.8) is 0 Å². The van der Waals surface area contributed by atoms with E-state index in [0.29, 0.717) is 17.6 Å². The molecule has 0 amide bonds. The molecule has 5 heteroatoms. The molecule has 0 aromatic carbocycles. The number of anilines is 1. The van der Waals surface area contributed by atoms with Gasteiger partial charge in [0.05, 0.1) is 11.9 Å². The summed E-state index contributed by atoms with van der Waals surface area (Å²) < 4.78 is 37.1. The molecule has 1 aromatic rings. The molecule has 0 saturated heterocycles. The zero-order valence-electron chi connectivity index (χ0n) is 9.87. The summed E-state index contributed by atoms with van der Waals surface area (Å²) in [6, 6.07) is 2.93. The summed E-state index contributed by atoms with van der Waals surface area (Å²) in [6.07, 6.45) is 1.90. The third kappa shape index (κ3) is 2.18. The van der Waals surface area contributed by atoms with Gasteiger partial charge in [0, 0.05) is 6.04 Å². The van der Waals surface area contributed by atoms with Crippen molar-refractivity contribution in [2.24, 2.45) is 11.8 Å². The van der Waals surface area contributed by atoms with Gasteiger partial charge in [-0.05, 0) is 43.2 Å². The van der Waals surface area contributed by atoms with Crippen LogP contribution in [0.15, 0.2) is 18.3 Å². The van der Waals surface area contributed by atoms with Gasteiger partial charge in [-0.15, -0.1) is 0 Å². The Bertz CT molecular complexity index is 427. The number of aromatic nitrogens is 1. The van der Waals surface area contributed by atoms with Crippen molar-refractivity contribution >= 4 is 5.69 Å². The third-order valence-electron chi connectivity index (χ3n) is 4.14. The number of pyridine rings is 1. The first-order chi connectivity index (χ1) is 8.52. The van der Waals surface area contributed by atoms with Gasteiger partial charge < -0.3 is 5.32 Å². The Morgan fingerprint density at radius 2 is 2.00 bits per heavy atom. The lowest BCUT2D eigenvalue weighted by molar-refractivity contribution is -0.141. The second-order valence-electron chi connectivity index (χ2n) is 5.36. The van der Waals surface area contributed by atoms with Crippen LogP contribution in [-0.2, 0) is 6.18 Å². The summed E-state index contributed by atoms with van der Waals surface area (Å²) in [6.45, 7) is 0. The second-order valence-corrected chi connectivity index (χ2v) is 5.36. The lowest BCUT2D eigenvalue weighted by atomic mass is 9.95. The first-order valence-corrected chi connectivity index (χ1v) is 6.32. The Hall–Kier alpha value is -1.26.